The maximum Gasteiger partial charge on any atom is 0.252 e. The molecule has 0 N–H and O–H groups in total. The molecule has 2 aliphatic heterocycles. The van der Waals surface area contributed by atoms with Crippen LogP contribution in [0.1, 0.15) is 28.2 Å². The molecule has 0 amide bonds. The van der Waals surface area contributed by atoms with Gasteiger partial charge in [0.25, 0.3) is 6.29 Å². The van der Waals surface area contributed by atoms with Crippen molar-refractivity contribution in [1.29, 1.82) is 0 Å². The van der Waals surface area contributed by atoms with Gasteiger partial charge in [0.15, 0.2) is 44.8 Å². The summed E-state index contributed by atoms with van der Waals surface area (Å²) in [5, 5.41) is 8.02. The zero-order valence-corrected chi connectivity index (χ0v) is 50.5. The summed E-state index contributed by atoms with van der Waals surface area (Å²) in [5.41, 5.74) is 12.9. The van der Waals surface area contributed by atoms with Crippen LogP contribution in [0.15, 0.2) is 195 Å². The maximum atomic E-state index is 6.92. The van der Waals surface area contributed by atoms with Crippen molar-refractivity contribution in [3.05, 3.63) is 217 Å². The van der Waals surface area contributed by atoms with Crippen LogP contribution in [0.25, 0.3) is 0 Å². The normalized spacial score (nSPS) is 14.6. The monoisotopic (exact) mass is 1190 g/mol. The summed E-state index contributed by atoms with van der Waals surface area (Å²) in [4.78, 5) is 0. The molecule has 0 radical (unpaired) electrons. The van der Waals surface area contributed by atoms with Gasteiger partial charge in [0.05, 0.1) is 5.92 Å². The van der Waals surface area contributed by atoms with E-state index in [0.29, 0.717) is 0 Å². The topological polar surface area (TPSA) is 36.9 Å². The summed E-state index contributed by atoms with van der Waals surface area (Å²) in [5.74, 6) is 2.07. The number of hydrogen-bond acceptors (Lipinski definition) is 4. The van der Waals surface area contributed by atoms with Crippen LogP contribution in [0.3, 0.4) is 0 Å². The van der Waals surface area contributed by atoms with Gasteiger partial charge in [0, 0.05) is 52.0 Å². The minimum absolute atomic E-state index is 0. The smallest absolute Gasteiger partial charge is 0.252 e. The molecule has 362 valence electrons. The Morgan fingerprint density at radius 2 is 0.676 bits per heavy atom. The Labute approximate surface area is 442 Å². The standard InChI is InChI=1S/C40H32O2P2.2C8H18OSi2.2Pd/c1-27-23-33-37-34-24-28(2)26-36(44(31-19-11-5-12-20-31)32-21-13-6-14-22-32)39(34)42-40(37)41-38(33)35(25-27)43(29-15-7-3-8-16-29)30-17-9-4-10-18-30;2*1-7-10(3,4)9-11(5,6)8-2;;/h3-26,37,40H,1-2H3;2*7-8H,1-2H2,3-6H3;;/p+2. The van der Waals surface area contributed by atoms with Crippen molar-refractivity contribution >= 4 is 80.9 Å². The molecule has 0 unspecified atom stereocenters. The Morgan fingerprint density at radius 1 is 0.426 bits per heavy atom. The molecular weight excluding hydrogens is 1120 g/mol. The van der Waals surface area contributed by atoms with Crippen LogP contribution in [0.2, 0.25) is 52.4 Å². The SMILES string of the molecule is C=C[Si](C)(C)O[Si](C)(C)C=C.C=C[Si](C)(C)O[Si](C)(C)C=C.Cc1cc2c(c([PH+](c3ccccc3)c3ccccc3)c1)OC1Oc3c(cc(C)cc3[PH+](c3ccccc3)c3ccccc3)C21.[Pd].[Pd]. The fourth-order valence-corrected chi connectivity index (χ4v) is 26.2. The molecule has 12 heteroatoms. The second-order valence-electron chi connectivity index (χ2n) is 19.2. The number of aryl methyl sites for hydroxylation is 2. The van der Waals surface area contributed by atoms with Gasteiger partial charge < -0.3 is 17.7 Å². The molecule has 0 spiro atoms. The van der Waals surface area contributed by atoms with Crippen molar-refractivity contribution in [3.8, 4) is 11.5 Å². The summed E-state index contributed by atoms with van der Waals surface area (Å²) in [6, 6.07) is 53.1. The van der Waals surface area contributed by atoms with Gasteiger partial charge in [0.1, 0.15) is 47.7 Å². The Morgan fingerprint density at radius 3 is 0.912 bits per heavy atom. The van der Waals surface area contributed by atoms with Gasteiger partial charge in [-0.15, -0.1) is 26.3 Å². The zero-order valence-electron chi connectivity index (χ0n) is 41.4. The third kappa shape index (κ3) is 14.5. The molecule has 0 fully saturated rings. The molecule has 6 aromatic carbocycles. The summed E-state index contributed by atoms with van der Waals surface area (Å²) in [6.07, 6.45) is -0.370. The quantitative estimate of drug-likeness (QED) is 0.0805. The molecule has 0 aromatic heterocycles. The van der Waals surface area contributed by atoms with E-state index in [2.05, 4.69) is 238 Å². The van der Waals surface area contributed by atoms with Crippen molar-refractivity contribution in [2.75, 3.05) is 0 Å². The second-order valence-corrected chi connectivity index (χ2v) is 40.2. The van der Waals surface area contributed by atoms with E-state index in [-0.39, 0.29) is 53.1 Å². The number of rotatable bonds is 14. The summed E-state index contributed by atoms with van der Waals surface area (Å²) >= 11 is 0. The number of ether oxygens (including phenoxy) is 2. The van der Waals surface area contributed by atoms with Gasteiger partial charge in [-0.3, -0.25) is 0 Å². The van der Waals surface area contributed by atoms with Crippen molar-refractivity contribution in [1.82, 2.24) is 0 Å². The maximum absolute atomic E-state index is 6.92. The molecule has 2 aliphatic rings. The second kappa shape index (κ2) is 24.8. The Bertz CT molecular complexity index is 2340. The fraction of sp³-hybridized carbons (Fsp3) is 0.214. The van der Waals surface area contributed by atoms with Gasteiger partial charge in [-0.05, 0) is 138 Å². The van der Waals surface area contributed by atoms with Gasteiger partial charge >= 0.3 is 0 Å². The predicted octanol–water partition coefficient (Wildman–Crippen LogP) is 12.2. The Balaban J connectivity index is 0.000000352. The average Bonchev–Trinajstić information content (AvgIpc) is 3.85. The first-order valence-electron chi connectivity index (χ1n) is 22.8. The minimum Gasteiger partial charge on any atom is -0.449 e. The van der Waals surface area contributed by atoms with E-state index >= 15 is 0 Å². The number of hydrogen-bond donors (Lipinski definition) is 0. The van der Waals surface area contributed by atoms with E-state index in [4.69, 9.17) is 17.7 Å². The molecule has 0 atom stereocenters. The fourth-order valence-electron chi connectivity index (χ4n) is 8.45. The van der Waals surface area contributed by atoms with Gasteiger partial charge in [-0.25, -0.2) is 0 Å². The molecule has 0 saturated heterocycles. The van der Waals surface area contributed by atoms with Crippen LogP contribution in [-0.2, 0) is 49.1 Å². The molecule has 0 aliphatic carbocycles. The van der Waals surface area contributed by atoms with Gasteiger partial charge in [-0.2, -0.15) is 0 Å². The van der Waals surface area contributed by atoms with Crippen molar-refractivity contribution < 1.29 is 58.5 Å². The first-order valence-corrected chi connectivity index (χ1v) is 37.8. The van der Waals surface area contributed by atoms with E-state index in [1.54, 1.807) is 0 Å². The first-order chi connectivity index (χ1) is 31.3. The molecule has 0 bridgehead atoms. The van der Waals surface area contributed by atoms with E-state index in [1.165, 1.54) is 54.1 Å². The van der Waals surface area contributed by atoms with Crippen LogP contribution < -0.4 is 41.3 Å². The summed E-state index contributed by atoms with van der Waals surface area (Å²) in [7, 11) is -8.93. The van der Waals surface area contributed by atoms with Crippen LogP contribution in [0.5, 0.6) is 11.5 Å². The number of benzene rings is 6. The van der Waals surface area contributed by atoms with Crippen LogP contribution in [-0.4, -0.2) is 39.6 Å². The van der Waals surface area contributed by atoms with Crippen LogP contribution in [0, 0.1) is 13.8 Å². The van der Waals surface area contributed by atoms with E-state index in [1.807, 2.05) is 22.8 Å². The summed E-state index contributed by atoms with van der Waals surface area (Å²) in [6.45, 7) is 36.7. The third-order valence-electron chi connectivity index (χ3n) is 11.7. The molecule has 0 saturated carbocycles. The molecular formula is C56H70O4P2Pd2Si4+2. The van der Waals surface area contributed by atoms with Crippen molar-refractivity contribution in [2.24, 2.45) is 0 Å². The van der Waals surface area contributed by atoms with Crippen LogP contribution >= 0.6 is 15.8 Å². The van der Waals surface area contributed by atoms with E-state index in [0.717, 1.165) is 11.5 Å². The van der Waals surface area contributed by atoms with Crippen molar-refractivity contribution in [2.45, 2.75) is 78.4 Å². The number of fused-ring (bicyclic) bond motifs is 5. The third-order valence-corrected chi connectivity index (χ3v) is 29.6. The van der Waals surface area contributed by atoms with Gasteiger partial charge in [-0.1, -0.05) is 108 Å². The minimum atomic E-state index is -1.58. The van der Waals surface area contributed by atoms with E-state index in [9.17, 15) is 0 Å². The molecule has 8 rings (SSSR count). The van der Waals surface area contributed by atoms with Gasteiger partial charge in [0.2, 0.25) is 0 Å². The first kappa shape index (κ1) is 57.4. The summed E-state index contributed by atoms with van der Waals surface area (Å²) < 4.78 is 25.8. The molecule has 6 aromatic rings. The zero-order chi connectivity index (χ0) is 47.9. The average molecular weight is 1190 g/mol. The van der Waals surface area contributed by atoms with E-state index < -0.39 is 49.1 Å². The van der Waals surface area contributed by atoms with Crippen molar-refractivity contribution in [3.63, 3.8) is 0 Å². The molecule has 2 heterocycles. The largest absolute Gasteiger partial charge is 0.449 e. The Kier molecular flexibility index (Phi) is 20.9. The molecule has 68 heavy (non-hydrogen) atoms. The predicted molar refractivity (Wildman–Crippen MR) is 302 cm³/mol. The van der Waals surface area contributed by atoms with Crippen LogP contribution in [0.4, 0.5) is 0 Å². The molecule has 4 nitrogen and oxygen atoms in total. The Hall–Kier alpha value is -3.15.